The van der Waals surface area contributed by atoms with E-state index in [4.69, 9.17) is 41.7 Å². The van der Waals surface area contributed by atoms with Gasteiger partial charge in [0.15, 0.2) is 34.5 Å². The van der Waals surface area contributed by atoms with E-state index in [9.17, 15) is 66.4 Å². The molecule has 3 aliphatic heterocycles. The number of benzene rings is 4. The maximum absolute atomic E-state index is 11.4. The summed E-state index contributed by atoms with van der Waals surface area (Å²) in [7, 11) is 3.92. The van der Waals surface area contributed by atoms with E-state index in [2.05, 4.69) is 0 Å². The predicted molar refractivity (Wildman–Crippen MR) is 261 cm³/mol. The molecule has 2 fully saturated rings. The zero-order chi connectivity index (χ0) is 53.3. The van der Waals surface area contributed by atoms with Crippen LogP contribution in [0.1, 0.15) is 24.0 Å². The van der Waals surface area contributed by atoms with Crippen molar-refractivity contribution in [2.24, 2.45) is 11.8 Å². The van der Waals surface area contributed by atoms with Crippen LogP contribution in [0.15, 0.2) is 73.6 Å². The van der Waals surface area contributed by atoms with Crippen molar-refractivity contribution < 1.29 is 108 Å². The molecule has 10 unspecified atom stereocenters. The summed E-state index contributed by atoms with van der Waals surface area (Å²) >= 11 is 0. The molecule has 13 N–H and O–H groups in total. The monoisotopic (exact) mass is 1040 g/mol. The van der Waals surface area contributed by atoms with Crippen LogP contribution in [0.25, 0.3) is 68.1 Å². The maximum Gasteiger partial charge on any atom is 0.403 e. The fourth-order valence-corrected chi connectivity index (χ4v) is 10.1. The van der Waals surface area contributed by atoms with Gasteiger partial charge in [0.2, 0.25) is 11.5 Å². The summed E-state index contributed by atoms with van der Waals surface area (Å²) in [6, 6.07) is 12.3. The first kappa shape index (κ1) is 51.0. The summed E-state index contributed by atoms with van der Waals surface area (Å²) in [6.45, 7) is -1.78. The molecule has 0 amide bonds. The summed E-state index contributed by atoms with van der Waals surface area (Å²) < 4.78 is 55.3. The molecule has 75 heavy (non-hydrogen) atoms. The lowest BCUT2D eigenvalue weighted by Crippen LogP contribution is -2.56. The third-order valence-electron chi connectivity index (χ3n) is 14.0. The van der Waals surface area contributed by atoms with E-state index in [0.29, 0.717) is 0 Å². The average molecular weight is 1040 g/mol. The Morgan fingerprint density at radius 2 is 1.17 bits per heavy atom. The van der Waals surface area contributed by atoms with Crippen molar-refractivity contribution in [2.75, 3.05) is 34.5 Å². The first-order chi connectivity index (χ1) is 36.0. The van der Waals surface area contributed by atoms with Gasteiger partial charge in [0, 0.05) is 78.1 Å². The molecule has 4 heterocycles. The number of methoxy groups -OCH3 is 3. The van der Waals surface area contributed by atoms with Crippen LogP contribution < -0.4 is 33.8 Å². The fourth-order valence-electron chi connectivity index (χ4n) is 10.1. The Labute approximate surface area is 424 Å². The summed E-state index contributed by atoms with van der Waals surface area (Å²) in [5, 5.41) is 141. The zero-order valence-electron chi connectivity index (χ0n) is 40.1. The molecule has 4 aromatic carbocycles. The molecule has 0 bridgehead atoms. The number of hydrogen-bond acceptors (Lipinski definition) is 21. The van der Waals surface area contributed by atoms with Crippen LogP contribution in [0.2, 0.25) is 0 Å². The lowest BCUT2D eigenvalue weighted by atomic mass is 9.81. The third kappa shape index (κ3) is 8.88. The van der Waals surface area contributed by atoms with Crippen molar-refractivity contribution in [1.29, 1.82) is 0 Å². The highest BCUT2D eigenvalue weighted by Crippen LogP contribution is 2.52. The Balaban J connectivity index is 1.23. The SMILES string of the molecule is COc1cc(-c2oc3cc(O)cc4o/c(=C/C5=Cc6c(OC7CC(CO)C(O)C(O)C7O)c(-c7cc(OC)c(O)c(OC)c7)[o+]c7cc(O)cc(c67)O5)cc(c2OC2CC(CO)C(O)C(O)C2O)-c34)cc(CO)c1O. The van der Waals surface area contributed by atoms with Gasteiger partial charge in [-0.25, -0.2) is 4.42 Å². The second-order valence-electron chi connectivity index (χ2n) is 18.6. The number of ether oxygens (including phenoxy) is 6. The highest BCUT2D eigenvalue weighted by molar-refractivity contribution is 6.01. The van der Waals surface area contributed by atoms with Crippen LogP contribution >= 0.6 is 0 Å². The van der Waals surface area contributed by atoms with Crippen molar-refractivity contribution in [2.45, 2.75) is 68.3 Å². The van der Waals surface area contributed by atoms with E-state index in [0.717, 1.165) is 0 Å². The van der Waals surface area contributed by atoms with E-state index >= 15 is 0 Å². The summed E-state index contributed by atoms with van der Waals surface area (Å²) in [5.41, 5.74) is 1.14. The molecule has 0 radical (unpaired) electrons. The van der Waals surface area contributed by atoms with E-state index in [1.807, 2.05) is 0 Å². The molecule has 0 saturated heterocycles. The molecule has 5 aliphatic rings. The molecule has 10 rings (SSSR count). The Morgan fingerprint density at radius 1 is 0.613 bits per heavy atom. The molecule has 10 atom stereocenters. The smallest absolute Gasteiger partial charge is 0.403 e. The molecular weight excluding hydrogens is 989 g/mol. The van der Waals surface area contributed by atoms with E-state index in [-0.39, 0.29) is 149 Å². The molecule has 396 valence electrons. The van der Waals surface area contributed by atoms with Gasteiger partial charge in [-0.2, -0.15) is 0 Å². The molecule has 0 spiro atoms. The maximum atomic E-state index is 11.4. The van der Waals surface area contributed by atoms with Crippen molar-refractivity contribution >= 4 is 34.3 Å². The molecule has 5 aromatic rings. The minimum Gasteiger partial charge on any atom is -0.508 e. The summed E-state index contributed by atoms with van der Waals surface area (Å²) in [6.07, 6.45) is -9.85. The standard InChI is InChI=1S/C53H52O22/c1-67-35-5-20(4-22(17-54)42(35)59)50-52(74-38-8-23(18-55)43(60)48(65)46(38)63)29-15-27(70-31-10-25(57)12-33(72-50)40(29)31)14-28-16-30-41-32(71-28)11-26(58)13-34(41)73-51(21-6-36(68-2)45(62)37(7-21)69-3)53(30)75-39-9-24(19-56)44(61)49(66)47(39)64/h4-7,10-16,23-24,38-39,43-44,46-49,54-56,60-61,63-66H,8-9,17-19H2,1-3H3,(H3-,57,58,59,62)/p+1. The van der Waals surface area contributed by atoms with Crippen molar-refractivity contribution in [3.05, 3.63) is 76.9 Å². The highest BCUT2D eigenvalue weighted by Gasteiger charge is 2.47. The van der Waals surface area contributed by atoms with Gasteiger partial charge < -0.3 is 104 Å². The third-order valence-corrected chi connectivity index (χ3v) is 14.0. The van der Waals surface area contributed by atoms with Crippen LogP contribution in [0.4, 0.5) is 0 Å². The second-order valence-corrected chi connectivity index (χ2v) is 18.6. The highest BCUT2D eigenvalue weighted by atomic mass is 16.5. The van der Waals surface area contributed by atoms with Crippen LogP contribution in [0.5, 0.6) is 57.5 Å². The van der Waals surface area contributed by atoms with Crippen LogP contribution in [-0.2, 0) is 6.61 Å². The topological polar surface area (TPSA) is 356 Å². The summed E-state index contributed by atoms with van der Waals surface area (Å²) in [5.74, 6) is -3.68. The Morgan fingerprint density at radius 3 is 1.76 bits per heavy atom. The van der Waals surface area contributed by atoms with Crippen molar-refractivity contribution in [3.63, 3.8) is 0 Å². The van der Waals surface area contributed by atoms with Gasteiger partial charge in [-0.15, -0.1) is 0 Å². The van der Waals surface area contributed by atoms with Gasteiger partial charge >= 0.3 is 11.3 Å². The largest absolute Gasteiger partial charge is 0.508 e. The number of phenolic OH excluding ortho intramolecular Hbond substituents is 3. The first-order valence-electron chi connectivity index (χ1n) is 23.6. The van der Waals surface area contributed by atoms with E-state index < -0.39 is 80.5 Å². The minimum absolute atomic E-state index is 0.000942. The Kier molecular flexibility index (Phi) is 13.6. The van der Waals surface area contributed by atoms with Crippen LogP contribution in [-0.4, -0.2) is 150 Å². The second kappa shape index (κ2) is 20.0. The summed E-state index contributed by atoms with van der Waals surface area (Å²) in [4.78, 5) is 0. The number of aliphatic hydroxyl groups excluding tert-OH is 9. The minimum atomic E-state index is -1.75. The molecule has 22 nitrogen and oxygen atoms in total. The Hall–Kier alpha value is -7.51. The van der Waals surface area contributed by atoms with Gasteiger partial charge in [0.25, 0.3) is 0 Å². The zero-order valence-corrected chi connectivity index (χ0v) is 40.1. The molecule has 2 aliphatic carbocycles. The van der Waals surface area contributed by atoms with Gasteiger partial charge in [0.1, 0.15) is 81.6 Å². The molecular formula is C53H53O22+. The van der Waals surface area contributed by atoms with Gasteiger partial charge in [-0.1, -0.05) is 0 Å². The molecule has 1 aromatic heterocycles. The fraction of sp³-hybridized carbons (Fsp3) is 0.340. The normalized spacial score (nSPS) is 24.8. The Bertz CT molecular complexity index is 3340. The quantitative estimate of drug-likeness (QED) is 0.0738. The predicted octanol–water partition coefficient (Wildman–Crippen LogP) is 3.01. The van der Waals surface area contributed by atoms with E-state index in [1.165, 1.54) is 88.1 Å². The van der Waals surface area contributed by atoms with Crippen LogP contribution in [0.3, 0.4) is 0 Å². The number of rotatable bonds is 13. The molecule has 22 heteroatoms. The number of phenols is 4. The van der Waals surface area contributed by atoms with Gasteiger partial charge in [0.05, 0.1) is 62.9 Å². The van der Waals surface area contributed by atoms with Gasteiger partial charge in [-0.3, -0.25) is 0 Å². The van der Waals surface area contributed by atoms with Crippen LogP contribution in [0, 0.1) is 11.8 Å². The lowest BCUT2D eigenvalue weighted by molar-refractivity contribution is -0.157. The lowest BCUT2D eigenvalue weighted by Gasteiger charge is -2.40. The number of aromatic hydroxyl groups is 4. The van der Waals surface area contributed by atoms with Crippen molar-refractivity contribution in [1.82, 2.24) is 0 Å². The number of aliphatic hydroxyl groups is 9. The number of hydrogen-bond donors (Lipinski definition) is 13. The first-order valence-corrected chi connectivity index (χ1v) is 23.6. The van der Waals surface area contributed by atoms with Crippen molar-refractivity contribution in [3.8, 4) is 91.3 Å². The average Bonchev–Trinajstić information content (AvgIpc) is 3.39. The van der Waals surface area contributed by atoms with Gasteiger partial charge in [-0.05, 0) is 37.1 Å². The van der Waals surface area contributed by atoms with E-state index in [1.54, 1.807) is 0 Å². The number of allylic oxidation sites excluding steroid dienone is 1. The molecule has 2 saturated carbocycles.